The van der Waals surface area contributed by atoms with Crippen molar-refractivity contribution in [3.63, 3.8) is 0 Å². The molecule has 214 valence electrons. The Bertz CT molecular complexity index is 581. The van der Waals surface area contributed by atoms with Crippen LogP contribution in [-0.2, 0) is 29.2 Å². The first-order chi connectivity index (χ1) is 16.1. The Hall–Kier alpha value is 2.74. The van der Waals surface area contributed by atoms with E-state index in [1.54, 1.807) is 0 Å². The Balaban J connectivity index is -0.000000387. The van der Waals surface area contributed by atoms with Gasteiger partial charge in [-0.2, -0.15) is 16.8 Å². The number of unbranched alkanes of at least 4 members (excludes halogenated alkanes) is 18. The first kappa shape index (κ1) is 49.4. The predicted molar refractivity (Wildman–Crippen MR) is 160 cm³/mol. The van der Waals surface area contributed by atoms with Crippen LogP contribution in [0.4, 0.5) is 0 Å². The molecule has 2 N–H and O–H groups in total. The third-order valence-corrected chi connectivity index (χ3v) is 6.36. The molecule has 0 aromatic carbocycles. The summed E-state index contributed by atoms with van der Waals surface area (Å²) in [6, 6.07) is 0. The summed E-state index contributed by atoms with van der Waals surface area (Å²) < 4.78 is 64.9. The summed E-state index contributed by atoms with van der Waals surface area (Å²) in [7, 11) is -8.47. The molecular formula is C24H55Na3O8S2. The van der Waals surface area contributed by atoms with Crippen molar-refractivity contribution in [1.29, 1.82) is 0 Å². The maximum atomic E-state index is 11.7. The van der Waals surface area contributed by atoms with E-state index in [0.717, 1.165) is 38.5 Å². The average molecular weight is 605 g/mol. The van der Waals surface area contributed by atoms with E-state index in [9.17, 15) is 8.42 Å². The molecule has 0 saturated carbocycles. The molecule has 0 bridgehead atoms. The molecule has 0 unspecified atom stereocenters. The molecule has 13 heteroatoms. The third-order valence-electron chi connectivity index (χ3n) is 5.45. The van der Waals surface area contributed by atoms with Crippen molar-refractivity contribution in [2.45, 2.75) is 142 Å². The van der Waals surface area contributed by atoms with Crippen LogP contribution in [0.2, 0.25) is 0 Å². The van der Waals surface area contributed by atoms with E-state index >= 15 is 0 Å². The SMILES string of the molecule is CCCCCCCCCCCCOS(=O)(=O)OCCCCCCCCCCCC.O=S(=O)(O)O.[NaH].[NaH].[NaH]. The van der Waals surface area contributed by atoms with Crippen molar-refractivity contribution in [1.82, 2.24) is 0 Å². The molecule has 0 fully saturated rings. The van der Waals surface area contributed by atoms with Crippen molar-refractivity contribution < 1.29 is 34.3 Å². The fourth-order valence-corrected chi connectivity index (χ4v) is 4.25. The van der Waals surface area contributed by atoms with Gasteiger partial charge in [-0.1, -0.05) is 129 Å². The molecule has 37 heavy (non-hydrogen) atoms. The van der Waals surface area contributed by atoms with E-state index in [1.807, 2.05) is 0 Å². The van der Waals surface area contributed by atoms with Crippen LogP contribution < -0.4 is 0 Å². The summed E-state index contributed by atoms with van der Waals surface area (Å²) in [5.41, 5.74) is 0. The Morgan fingerprint density at radius 2 is 0.622 bits per heavy atom. The first-order valence-corrected chi connectivity index (χ1v) is 16.1. The van der Waals surface area contributed by atoms with Crippen LogP contribution in [0.25, 0.3) is 0 Å². The Kier molecular flexibility index (Phi) is 49.1. The van der Waals surface area contributed by atoms with Crippen LogP contribution in [-0.4, -0.2) is 128 Å². The second kappa shape index (κ2) is 36.8. The number of hydrogen-bond donors (Lipinski definition) is 2. The Labute approximate surface area is 295 Å². The molecule has 0 radical (unpaired) electrons. The van der Waals surface area contributed by atoms with Crippen LogP contribution in [0.5, 0.6) is 0 Å². The first-order valence-electron chi connectivity index (χ1n) is 13.4. The van der Waals surface area contributed by atoms with Crippen LogP contribution >= 0.6 is 0 Å². The summed E-state index contributed by atoms with van der Waals surface area (Å²) in [4.78, 5) is 0. The normalized spacial score (nSPS) is 10.9. The van der Waals surface area contributed by atoms with Gasteiger partial charge in [-0.15, -0.1) is 0 Å². The van der Waals surface area contributed by atoms with Gasteiger partial charge in [0, 0.05) is 0 Å². The molecule has 0 amide bonds. The summed E-state index contributed by atoms with van der Waals surface area (Å²) >= 11 is 0. The fraction of sp³-hybridized carbons (Fsp3) is 1.00. The molecular weight excluding hydrogens is 549 g/mol. The molecule has 0 aromatic heterocycles. The van der Waals surface area contributed by atoms with Gasteiger partial charge in [-0.05, 0) is 12.8 Å². The van der Waals surface area contributed by atoms with E-state index in [-0.39, 0.29) is 102 Å². The van der Waals surface area contributed by atoms with Gasteiger partial charge in [0.1, 0.15) is 0 Å². The quantitative estimate of drug-likeness (QED) is 0.0839. The molecule has 0 aromatic rings. The van der Waals surface area contributed by atoms with E-state index < -0.39 is 20.8 Å². The van der Waals surface area contributed by atoms with E-state index in [0.29, 0.717) is 0 Å². The van der Waals surface area contributed by atoms with Gasteiger partial charge in [0.25, 0.3) is 0 Å². The zero-order valence-corrected chi connectivity index (χ0v) is 23.3. The molecule has 0 spiro atoms. The molecule has 0 aliphatic rings. The molecule has 8 nitrogen and oxygen atoms in total. The molecule has 0 rings (SSSR count). The summed E-state index contributed by atoms with van der Waals surface area (Å²) in [5, 5.41) is 0. The Morgan fingerprint density at radius 3 is 0.838 bits per heavy atom. The van der Waals surface area contributed by atoms with Crippen LogP contribution in [0.15, 0.2) is 0 Å². The number of hydrogen-bond acceptors (Lipinski definition) is 6. The van der Waals surface area contributed by atoms with E-state index in [1.165, 1.54) is 89.9 Å². The molecule has 0 aliphatic carbocycles. The Morgan fingerprint density at radius 1 is 0.432 bits per heavy atom. The summed E-state index contributed by atoms with van der Waals surface area (Å²) in [6.07, 6.45) is 24.4. The molecule has 0 atom stereocenters. The van der Waals surface area contributed by atoms with Crippen molar-refractivity contribution in [3.05, 3.63) is 0 Å². The van der Waals surface area contributed by atoms with Crippen LogP contribution in [0.1, 0.15) is 142 Å². The van der Waals surface area contributed by atoms with Gasteiger partial charge in [-0.25, -0.2) is 8.37 Å². The molecule has 0 aliphatic heterocycles. The van der Waals surface area contributed by atoms with Crippen LogP contribution in [0.3, 0.4) is 0 Å². The van der Waals surface area contributed by atoms with Crippen molar-refractivity contribution in [2.75, 3.05) is 13.2 Å². The van der Waals surface area contributed by atoms with Gasteiger partial charge >= 0.3 is 109 Å². The summed E-state index contributed by atoms with van der Waals surface area (Å²) in [6.45, 7) is 4.98. The van der Waals surface area contributed by atoms with E-state index in [2.05, 4.69) is 13.8 Å². The van der Waals surface area contributed by atoms with Crippen molar-refractivity contribution in [2.24, 2.45) is 0 Å². The van der Waals surface area contributed by atoms with Gasteiger partial charge in [0.05, 0.1) is 13.2 Å². The van der Waals surface area contributed by atoms with Crippen LogP contribution in [0, 0.1) is 0 Å². The average Bonchev–Trinajstić information content (AvgIpc) is 2.74. The second-order valence-electron chi connectivity index (χ2n) is 8.86. The van der Waals surface area contributed by atoms with Gasteiger partial charge in [0.2, 0.25) is 0 Å². The topological polar surface area (TPSA) is 127 Å². The third kappa shape index (κ3) is 55.3. The monoisotopic (exact) mass is 604 g/mol. The zero-order valence-electron chi connectivity index (χ0n) is 21.7. The second-order valence-corrected chi connectivity index (χ2v) is 11.0. The minimum atomic E-state index is -4.67. The minimum absolute atomic E-state index is 0. The van der Waals surface area contributed by atoms with E-state index in [4.69, 9.17) is 25.9 Å². The zero-order chi connectivity index (χ0) is 26.0. The van der Waals surface area contributed by atoms with Gasteiger partial charge < -0.3 is 0 Å². The van der Waals surface area contributed by atoms with Gasteiger partial charge in [-0.3, -0.25) is 9.11 Å². The maximum absolute atomic E-state index is 11.7. The van der Waals surface area contributed by atoms with Gasteiger partial charge in [0.15, 0.2) is 0 Å². The molecule has 0 saturated heterocycles. The molecule has 0 heterocycles. The predicted octanol–water partition coefficient (Wildman–Crippen LogP) is 5.51. The van der Waals surface area contributed by atoms with Crippen molar-refractivity contribution in [3.8, 4) is 0 Å². The summed E-state index contributed by atoms with van der Waals surface area (Å²) in [5.74, 6) is 0. The fourth-order valence-electron chi connectivity index (χ4n) is 3.53. The number of rotatable bonds is 24. The van der Waals surface area contributed by atoms with Crippen molar-refractivity contribution >= 4 is 109 Å². The standard InChI is InChI=1S/C24H50O4S.3Na.H2O4S.3H/c1-3-5-7-9-11-13-15-17-19-21-23-27-29(25,26)28-24-22-20-18-16-14-12-10-8-6-4-2;;;;1-5(2,3)4;;;/h3-24H2,1-2H3;;;;(H2,1,2,3,4);;;.